The number of rotatable bonds is 3. The summed E-state index contributed by atoms with van der Waals surface area (Å²) in [6.07, 6.45) is 0.403. The lowest BCUT2D eigenvalue weighted by molar-refractivity contribution is -0.121. The molecule has 1 amide bonds. The van der Waals surface area contributed by atoms with E-state index in [9.17, 15) is 4.79 Å². The lowest BCUT2D eigenvalue weighted by Crippen LogP contribution is -2.40. The van der Waals surface area contributed by atoms with Crippen LogP contribution in [-0.4, -0.2) is 23.0 Å². The Kier molecular flexibility index (Phi) is 3.65. The maximum absolute atomic E-state index is 11.4. The number of ether oxygens (including phenoxy) is 1. The number of H-pyrrole nitrogens is 1. The van der Waals surface area contributed by atoms with Gasteiger partial charge >= 0.3 is 0 Å². The quantitative estimate of drug-likeness (QED) is 0.688. The molecule has 0 fully saturated rings. The van der Waals surface area contributed by atoms with Crippen molar-refractivity contribution in [2.24, 2.45) is 0 Å². The molecule has 6 heteroatoms. The summed E-state index contributed by atoms with van der Waals surface area (Å²) in [4.78, 5) is 19.5. The SMILES string of the molecule is COc1ccc(-c2nc3ccc(C4=C(C)CC(=O)NN4)cc3[nH]2)cc1. The largest absolute Gasteiger partial charge is 0.497 e. The van der Waals surface area contributed by atoms with E-state index < -0.39 is 0 Å². The first kappa shape index (κ1) is 15.3. The summed E-state index contributed by atoms with van der Waals surface area (Å²) in [6, 6.07) is 13.8. The Labute approximate surface area is 144 Å². The standard InChI is InChI=1S/C19H18N4O2/c1-11-9-17(24)22-23-18(11)13-5-8-15-16(10-13)21-19(20-15)12-3-6-14(25-2)7-4-12/h3-8,10,23H,9H2,1-2H3,(H,20,21)(H,22,24). The van der Waals surface area contributed by atoms with Gasteiger partial charge in [-0.1, -0.05) is 6.07 Å². The van der Waals surface area contributed by atoms with Crippen LogP contribution in [0.15, 0.2) is 48.0 Å². The molecule has 1 aromatic heterocycles. The average molecular weight is 334 g/mol. The number of amides is 1. The van der Waals surface area contributed by atoms with Gasteiger partial charge in [-0.2, -0.15) is 0 Å². The van der Waals surface area contributed by atoms with E-state index in [1.165, 1.54) is 0 Å². The smallest absolute Gasteiger partial charge is 0.242 e. The van der Waals surface area contributed by atoms with Crippen LogP contribution in [0.5, 0.6) is 5.75 Å². The summed E-state index contributed by atoms with van der Waals surface area (Å²) < 4.78 is 5.19. The molecule has 4 rings (SSSR count). The van der Waals surface area contributed by atoms with Crippen LogP contribution in [0.1, 0.15) is 18.9 Å². The number of fused-ring (bicyclic) bond motifs is 1. The number of imidazole rings is 1. The fourth-order valence-corrected chi connectivity index (χ4v) is 2.98. The molecule has 0 unspecified atom stereocenters. The normalized spacial score (nSPS) is 14.4. The molecule has 6 nitrogen and oxygen atoms in total. The summed E-state index contributed by atoms with van der Waals surface area (Å²) in [5.74, 6) is 1.60. The van der Waals surface area contributed by atoms with Crippen molar-refractivity contribution in [3.05, 3.63) is 53.6 Å². The monoisotopic (exact) mass is 334 g/mol. The first-order valence-electron chi connectivity index (χ1n) is 8.03. The molecule has 25 heavy (non-hydrogen) atoms. The zero-order valence-corrected chi connectivity index (χ0v) is 14.0. The van der Waals surface area contributed by atoms with Gasteiger partial charge in [0.25, 0.3) is 0 Å². The van der Waals surface area contributed by atoms with Crippen LogP contribution in [0.2, 0.25) is 0 Å². The third kappa shape index (κ3) is 2.82. The van der Waals surface area contributed by atoms with Crippen molar-refractivity contribution in [3.63, 3.8) is 0 Å². The van der Waals surface area contributed by atoms with Crippen LogP contribution in [-0.2, 0) is 4.79 Å². The van der Waals surface area contributed by atoms with Gasteiger partial charge in [0.05, 0.1) is 30.3 Å². The van der Waals surface area contributed by atoms with E-state index in [0.29, 0.717) is 6.42 Å². The summed E-state index contributed by atoms with van der Waals surface area (Å²) >= 11 is 0. The topological polar surface area (TPSA) is 79.0 Å². The first-order valence-corrected chi connectivity index (χ1v) is 8.03. The predicted molar refractivity (Wildman–Crippen MR) is 96.6 cm³/mol. The number of hydrogen-bond acceptors (Lipinski definition) is 4. The maximum Gasteiger partial charge on any atom is 0.242 e. The molecule has 1 aliphatic rings. The summed E-state index contributed by atoms with van der Waals surface area (Å²) in [6.45, 7) is 1.96. The van der Waals surface area contributed by atoms with Crippen LogP contribution in [0, 0.1) is 0 Å². The Balaban J connectivity index is 1.72. The summed E-state index contributed by atoms with van der Waals surface area (Å²) in [7, 11) is 1.65. The molecule has 0 spiro atoms. The van der Waals surface area contributed by atoms with E-state index in [2.05, 4.69) is 20.8 Å². The highest BCUT2D eigenvalue weighted by Gasteiger charge is 2.16. The lowest BCUT2D eigenvalue weighted by Gasteiger charge is -2.20. The van der Waals surface area contributed by atoms with Gasteiger partial charge in [-0.15, -0.1) is 0 Å². The van der Waals surface area contributed by atoms with E-state index in [4.69, 9.17) is 4.74 Å². The molecule has 0 atom stereocenters. The second kappa shape index (κ2) is 5.98. The molecule has 126 valence electrons. The van der Waals surface area contributed by atoms with E-state index in [-0.39, 0.29) is 5.91 Å². The molecule has 3 aromatic rings. The number of carbonyl (C=O) groups excluding carboxylic acids is 1. The zero-order valence-electron chi connectivity index (χ0n) is 14.0. The molecule has 1 aliphatic heterocycles. The molecule has 0 saturated heterocycles. The number of hydrogen-bond donors (Lipinski definition) is 3. The first-order chi connectivity index (χ1) is 12.1. The Morgan fingerprint density at radius 3 is 2.52 bits per heavy atom. The van der Waals surface area contributed by atoms with Gasteiger partial charge in [-0.25, -0.2) is 4.98 Å². The Hall–Kier alpha value is -3.28. The number of carbonyl (C=O) groups is 1. The van der Waals surface area contributed by atoms with Crippen LogP contribution < -0.4 is 15.6 Å². The minimum Gasteiger partial charge on any atom is -0.497 e. The van der Waals surface area contributed by atoms with Crippen molar-refractivity contribution < 1.29 is 9.53 Å². The Morgan fingerprint density at radius 1 is 1.04 bits per heavy atom. The third-order valence-electron chi connectivity index (χ3n) is 4.31. The zero-order chi connectivity index (χ0) is 17.4. The molecule has 0 aliphatic carbocycles. The molecule has 2 heterocycles. The average Bonchev–Trinajstić information content (AvgIpc) is 3.05. The number of aromatic nitrogens is 2. The van der Waals surface area contributed by atoms with Gasteiger partial charge in [-0.05, 0) is 48.9 Å². The predicted octanol–water partition coefficient (Wildman–Crippen LogP) is 2.99. The third-order valence-corrected chi connectivity index (χ3v) is 4.31. The van der Waals surface area contributed by atoms with Gasteiger partial charge in [0.1, 0.15) is 11.6 Å². The molecule has 0 bridgehead atoms. The van der Waals surface area contributed by atoms with Gasteiger partial charge in [-0.3, -0.25) is 15.6 Å². The number of aromatic amines is 1. The van der Waals surface area contributed by atoms with Crippen LogP contribution >= 0.6 is 0 Å². The van der Waals surface area contributed by atoms with E-state index >= 15 is 0 Å². The number of nitrogens with zero attached hydrogens (tertiary/aromatic N) is 1. The van der Waals surface area contributed by atoms with Gasteiger partial charge in [0.2, 0.25) is 5.91 Å². The second-order valence-electron chi connectivity index (χ2n) is 6.05. The second-order valence-corrected chi connectivity index (χ2v) is 6.05. The fourth-order valence-electron chi connectivity index (χ4n) is 2.98. The van der Waals surface area contributed by atoms with Crippen LogP contribution in [0.4, 0.5) is 0 Å². The highest BCUT2D eigenvalue weighted by atomic mass is 16.5. The van der Waals surface area contributed by atoms with Gasteiger partial charge in [0.15, 0.2) is 0 Å². The Morgan fingerprint density at radius 2 is 1.80 bits per heavy atom. The van der Waals surface area contributed by atoms with E-state index in [0.717, 1.165) is 45.0 Å². The highest BCUT2D eigenvalue weighted by molar-refractivity contribution is 5.88. The highest BCUT2D eigenvalue weighted by Crippen LogP contribution is 2.26. The molecular weight excluding hydrogens is 316 g/mol. The molecule has 0 saturated carbocycles. The van der Waals surface area contributed by atoms with Crippen molar-refractivity contribution >= 4 is 22.6 Å². The molecule has 2 aromatic carbocycles. The molecule has 3 N–H and O–H groups in total. The van der Waals surface area contributed by atoms with E-state index in [1.807, 2.05) is 49.4 Å². The summed E-state index contributed by atoms with van der Waals surface area (Å²) in [5, 5.41) is 0. The van der Waals surface area contributed by atoms with Crippen molar-refractivity contribution in [2.75, 3.05) is 7.11 Å². The van der Waals surface area contributed by atoms with Gasteiger partial charge < -0.3 is 9.72 Å². The Bertz CT molecular complexity index is 986. The number of nitrogens with one attached hydrogen (secondary N) is 3. The van der Waals surface area contributed by atoms with Crippen molar-refractivity contribution in [3.8, 4) is 17.1 Å². The van der Waals surface area contributed by atoms with Crippen LogP contribution in [0.3, 0.4) is 0 Å². The number of hydrazine groups is 1. The number of methoxy groups -OCH3 is 1. The van der Waals surface area contributed by atoms with Crippen molar-refractivity contribution in [1.82, 2.24) is 20.8 Å². The van der Waals surface area contributed by atoms with Crippen molar-refractivity contribution in [1.29, 1.82) is 0 Å². The van der Waals surface area contributed by atoms with Crippen LogP contribution in [0.25, 0.3) is 28.1 Å². The minimum absolute atomic E-state index is 0.0225. The van der Waals surface area contributed by atoms with Crippen molar-refractivity contribution in [2.45, 2.75) is 13.3 Å². The maximum atomic E-state index is 11.4. The van der Waals surface area contributed by atoms with Gasteiger partial charge in [0, 0.05) is 11.1 Å². The minimum atomic E-state index is -0.0225. The molecular formula is C19H18N4O2. The lowest BCUT2D eigenvalue weighted by atomic mass is 10.0. The van der Waals surface area contributed by atoms with E-state index in [1.54, 1.807) is 7.11 Å². The fraction of sp³-hybridized carbons (Fsp3) is 0.158. The number of benzene rings is 2. The molecule has 0 radical (unpaired) electrons. The summed E-state index contributed by atoms with van der Waals surface area (Å²) in [5.41, 5.74) is 11.4.